The molecule has 3 aromatic rings. The molecule has 1 amide bonds. The molecule has 1 aromatic carbocycles. The largest absolute Gasteiger partial charge is 0.506 e. The highest BCUT2D eigenvalue weighted by Gasteiger charge is 2.34. The number of nitrogens with zero attached hydrogens (tertiary/aromatic N) is 2. The molecule has 136 valence electrons. The van der Waals surface area contributed by atoms with Crippen LogP contribution in [0.1, 0.15) is 21.1 Å². The number of aromatic nitrogens is 2. The van der Waals surface area contributed by atoms with E-state index >= 15 is 0 Å². The third-order valence-electron chi connectivity index (χ3n) is 3.40. The number of nitrogens with two attached hydrogens (primary N) is 1. The normalized spacial score (nSPS) is 11.7. The quantitative estimate of drug-likeness (QED) is 0.713. The van der Waals surface area contributed by atoms with Gasteiger partial charge in [-0.3, -0.25) is 9.59 Å². The monoisotopic (exact) mass is 385 g/mol. The summed E-state index contributed by atoms with van der Waals surface area (Å²) in [5, 5.41) is 10.3. The summed E-state index contributed by atoms with van der Waals surface area (Å²) in [5.41, 5.74) is 3.49. The van der Waals surface area contributed by atoms with E-state index in [9.17, 15) is 27.9 Å². The maximum atomic E-state index is 12.6. The standard InChI is InChI=1S/C15H10F3N3O4S/c16-15(17,18)14-20-7(6-26-14)5-25-21-9-4-2-1-3-8(9)11(22)10(12(19)23)13(21)24/h1-4,6,22H,5H2,(H2,19,23). The highest BCUT2D eigenvalue weighted by atomic mass is 32.1. The summed E-state index contributed by atoms with van der Waals surface area (Å²) in [7, 11) is 0. The number of thiazole rings is 1. The molecule has 2 heterocycles. The maximum absolute atomic E-state index is 12.6. The molecule has 0 aliphatic carbocycles. The van der Waals surface area contributed by atoms with Crippen molar-refractivity contribution < 1.29 is 27.9 Å². The second kappa shape index (κ2) is 6.33. The predicted molar refractivity (Wildman–Crippen MR) is 85.8 cm³/mol. The van der Waals surface area contributed by atoms with Crippen molar-refractivity contribution >= 4 is 28.1 Å². The van der Waals surface area contributed by atoms with Crippen molar-refractivity contribution in [3.8, 4) is 5.75 Å². The molecule has 2 aromatic heterocycles. The molecule has 0 spiro atoms. The zero-order valence-corrected chi connectivity index (χ0v) is 13.6. The minimum absolute atomic E-state index is 0.0491. The maximum Gasteiger partial charge on any atom is 0.443 e. The number of para-hydroxylation sites is 1. The van der Waals surface area contributed by atoms with Crippen molar-refractivity contribution in [1.82, 2.24) is 9.71 Å². The number of carbonyl (C=O) groups is 1. The van der Waals surface area contributed by atoms with Crippen molar-refractivity contribution in [1.29, 1.82) is 0 Å². The Kier molecular flexibility index (Phi) is 4.32. The molecule has 0 unspecified atom stereocenters. The van der Waals surface area contributed by atoms with Crippen LogP contribution in [0.25, 0.3) is 10.9 Å². The van der Waals surface area contributed by atoms with E-state index in [1.165, 1.54) is 12.1 Å². The molecule has 0 saturated heterocycles. The number of rotatable bonds is 4. The van der Waals surface area contributed by atoms with Gasteiger partial charge in [-0.25, -0.2) is 4.98 Å². The lowest BCUT2D eigenvalue weighted by Crippen LogP contribution is -2.33. The Morgan fingerprint density at radius 2 is 2.04 bits per heavy atom. The number of fused-ring (bicyclic) bond motifs is 1. The minimum atomic E-state index is -4.58. The van der Waals surface area contributed by atoms with Crippen LogP contribution in [0.2, 0.25) is 0 Å². The number of alkyl halides is 3. The number of carbonyl (C=O) groups excluding carboxylic acids is 1. The number of hydrogen-bond acceptors (Lipinski definition) is 6. The van der Waals surface area contributed by atoms with Crippen molar-refractivity contribution in [2.24, 2.45) is 5.73 Å². The van der Waals surface area contributed by atoms with Gasteiger partial charge in [-0.1, -0.05) is 12.1 Å². The van der Waals surface area contributed by atoms with Gasteiger partial charge in [0.15, 0.2) is 11.6 Å². The van der Waals surface area contributed by atoms with Gasteiger partial charge < -0.3 is 15.7 Å². The molecule has 3 rings (SSSR count). The van der Waals surface area contributed by atoms with Crippen molar-refractivity contribution in [2.75, 3.05) is 0 Å². The van der Waals surface area contributed by atoms with Crippen LogP contribution in [-0.2, 0) is 12.8 Å². The number of hydrogen-bond donors (Lipinski definition) is 2. The highest BCUT2D eigenvalue weighted by molar-refractivity contribution is 7.09. The fraction of sp³-hybridized carbons (Fsp3) is 0.133. The number of aromatic hydroxyl groups is 1. The first-order valence-electron chi connectivity index (χ1n) is 7.01. The van der Waals surface area contributed by atoms with E-state index in [2.05, 4.69) is 4.98 Å². The van der Waals surface area contributed by atoms with Crippen LogP contribution < -0.4 is 16.1 Å². The van der Waals surface area contributed by atoms with E-state index < -0.39 is 40.6 Å². The fourth-order valence-corrected chi connectivity index (χ4v) is 2.95. The lowest BCUT2D eigenvalue weighted by Gasteiger charge is -2.13. The number of pyridine rings is 1. The van der Waals surface area contributed by atoms with Crippen molar-refractivity contribution in [3.05, 3.63) is 56.3 Å². The molecular weight excluding hydrogens is 375 g/mol. The summed E-state index contributed by atoms with van der Waals surface area (Å²) in [4.78, 5) is 32.6. The fourth-order valence-electron chi connectivity index (χ4n) is 2.28. The average molecular weight is 385 g/mol. The van der Waals surface area contributed by atoms with Crippen LogP contribution in [-0.4, -0.2) is 20.7 Å². The first-order chi connectivity index (χ1) is 12.2. The van der Waals surface area contributed by atoms with Gasteiger partial charge in [0, 0.05) is 10.8 Å². The smallest absolute Gasteiger partial charge is 0.443 e. The molecule has 0 bridgehead atoms. The van der Waals surface area contributed by atoms with Crippen LogP contribution in [0.4, 0.5) is 13.2 Å². The lowest BCUT2D eigenvalue weighted by atomic mass is 10.1. The topological polar surface area (TPSA) is 107 Å². The molecule has 0 radical (unpaired) electrons. The number of amides is 1. The summed E-state index contributed by atoms with van der Waals surface area (Å²) in [6.45, 7) is -0.459. The number of halogens is 3. The van der Waals surface area contributed by atoms with Gasteiger partial charge in [0.05, 0.1) is 11.2 Å². The summed E-state index contributed by atoms with van der Waals surface area (Å²) < 4.78 is 38.5. The number of benzene rings is 1. The SMILES string of the molecule is NC(=O)c1c(O)c2ccccc2n(OCc2csc(C(F)(F)F)n2)c1=O. The third kappa shape index (κ3) is 3.08. The molecule has 0 aliphatic heterocycles. The molecule has 0 aliphatic rings. The van der Waals surface area contributed by atoms with Gasteiger partial charge in [-0.2, -0.15) is 13.2 Å². The highest BCUT2D eigenvalue weighted by Crippen LogP contribution is 2.31. The van der Waals surface area contributed by atoms with Crippen LogP contribution in [0, 0.1) is 0 Å². The van der Waals surface area contributed by atoms with E-state index in [0.29, 0.717) is 16.1 Å². The molecule has 26 heavy (non-hydrogen) atoms. The van der Waals surface area contributed by atoms with E-state index in [-0.39, 0.29) is 16.6 Å². The van der Waals surface area contributed by atoms with Crippen LogP contribution in [0.15, 0.2) is 34.4 Å². The van der Waals surface area contributed by atoms with Crippen LogP contribution >= 0.6 is 11.3 Å². The molecule has 11 heteroatoms. The second-order valence-electron chi connectivity index (χ2n) is 5.12. The van der Waals surface area contributed by atoms with Gasteiger partial charge in [-0.05, 0) is 12.1 Å². The Morgan fingerprint density at radius 1 is 1.35 bits per heavy atom. The Hall–Kier alpha value is -3.08. The molecule has 7 nitrogen and oxygen atoms in total. The first kappa shape index (κ1) is 17.7. The number of primary amides is 1. The third-order valence-corrected chi connectivity index (χ3v) is 4.33. The molecule has 0 atom stereocenters. The van der Waals surface area contributed by atoms with Crippen LogP contribution in [0.3, 0.4) is 0 Å². The van der Waals surface area contributed by atoms with Crippen molar-refractivity contribution in [2.45, 2.75) is 12.8 Å². The molecular formula is C15H10F3N3O4S. The average Bonchev–Trinajstić information content (AvgIpc) is 3.04. The van der Waals surface area contributed by atoms with E-state index in [4.69, 9.17) is 10.6 Å². The van der Waals surface area contributed by atoms with E-state index in [0.717, 1.165) is 5.38 Å². The summed E-state index contributed by atoms with van der Waals surface area (Å²) >= 11 is 0.392. The van der Waals surface area contributed by atoms with Gasteiger partial charge in [0.2, 0.25) is 0 Å². The Bertz CT molecular complexity index is 1060. The summed E-state index contributed by atoms with van der Waals surface area (Å²) in [6, 6.07) is 5.97. The summed E-state index contributed by atoms with van der Waals surface area (Å²) in [6.07, 6.45) is -4.58. The Morgan fingerprint density at radius 3 is 2.65 bits per heavy atom. The zero-order valence-electron chi connectivity index (χ0n) is 12.8. The zero-order chi connectivity index (χ0) is 19.1. The van der Waals surface area contributed by atoms with E-state index in [1.807, 2.05) is 0 Å². The molecule has 0 fully saturated rings. The first-order valence-corrected chi connectivity index (χ1v) is 7.89. The Balaban J connectivity index is 2.04. The molecule has 3 N–H and O–H groups in total. The minimum Gasteiger partial charge on any atom is -0.506 e. The second-order valence-corrected chi connectivity index (χ2v) is 5.98. The lowest BCUT2D eigenvalue weighted by molar-refractivity contribution is -0.137. The van der Waals surface area contributed by atoms with Crippen LogP contribution in [0.5, 0.6) is 5.75 Å². The van der Waals surface area contributed by atoms with Gasteiger partial charge >= 0.3 is 6.18 Å². The predicted octanol–water partition coefficient (Wildman–Crippen LogP) is 1.91. The van der Waals surface area contributed by atoms with Gasteiger partial charge in [0.1, 0.15) is 11.3 Å². The summed E-state index contributed by atoms with van der Waals surface area (Å²) in [5.74, 6) is -1.76. The van der Waals surface area contributed by atoms with Gasteiger partial charge in [-0.15, -0.1) is 16.1 Å². The Labute approximate surface area is 147 Å². The van der Waals surface area contributed by atoms with Crippen molar-refractivity contribution in [3.63, 3.8) is 0 Å². The van der Waals surface area contributed by atoms with E-state index in [1.54, 1.807) is 12.1 Å². The molecule has 0 saturated carbocycles. The van der Waals surface area contributed by atoms with Gasteiger partial charge in [0.25, 0.3) is 11.5 Å².